The van der Waals surface area contributed by atoms with Crippen LogP contribution in [0.4, 0.5) is 0 Å². The van der Waals surface area contributed by atoms with E-state index in [1.165, 1.54) is 31.2 Å². The van der Waals surface area contributed by atoms with Crippen LogP contribution in [0.1, 0.15) is 50.5 Å². The molecule has 0 radical (unpaired) electrons. The molecule has 1 fully saturated rings. The van der Waals surface area contributed by atoms with E-state index in [1.807, 2.05) is 12.1 Å². The molecule has 17 heavy (non-hydrogen) atoms. The van der Waals surface area contributed by atoms with Gasteiger partial charge in [0.25, 0.3) is 0 Å². The summed E-state index contributed by atoms with van der Waals surface area (Å²) in [5, 5.41) is 0. The van der Waals surface area contributed by atoms with Crippen LogP contribution in [-0.4, -0.2) is 12.4 Å². The van der Waals surface area contributed by atoms with Crippen LogP contribution in [0.3, 0.4) is 0 Å². The first-order chi connectivity index (χ1) is 8.29. The van der Waals surface area contributed by atoms with Gasteiger partial charge in [0.05, 0.1) is 6.10 Å². The summed E-state index contributed by atoms with van der Waals surface area (Å²) in [6, 6.07) is 8.17. The molecular weight excluding hydrogens is 212 g/mol. The number of ether oxygens (including phenoxy) is 1. The molecule has 0 saturated heterocycles. The molecule has 1 unspecified atom stereocenters. The quantitative estimate of drug-likeness (QED) is 0.723. The minimum Gasteiger partial charge on any atom is -0.490 e. The number of hydrogen-bond acceptors (Lipinski definition) is 2. The van der Waals surface area contributed by atoms with Gasteiger partial charge >= 0.3 is 0 Å². The van der Waals surface area contributed by atoms with Gasteiger partial charge in [-0.1, -0.05) is 19.1 Å². The molecule has 1 aromatic rings. The number of aldehydes is 1. The van der Waals surface area contributed by atoms with Gasteiger partial charge in [-0.2, -0.15) is 0 Å². The Bertz CT molecular complexity index is 367. The normalized spacial score (nSPS) is 17.9. The summed E-state index contributed by atoms with van der Waals surface area (Å²) in [5.41, 5.74) is 1.19. The zero-order chi connectivity index (χ0) is 12.1. The van der Waals surface area contributed by atoms with Gasteiger partial charge in [0, 0.05) is 6.42 Å². The first-order valence-corrected chi connectivity index (χ1v) is 6.50. The summed E-state index contributed by atoms with van der Waals surface area (Å²) in [5.74, 6) is 1.23. The van der Waals surface area contributed by atoms with E-state index >= 15 is 0 Å². The van der Waals surface area contributed by atoms with E-state index in [4.69, 9.17) is 4.74 Å². The minimum atomic E-state index is 0.277. The monoisotopic (exact) mass is 232 g/mol. The molecule has 92 valence electrons. The van der Waals surface area contributed by atoms with E-state index in [0.717, 1.165) is 12.0 Å². The Morgan fingerprint density at radius 1 is 1.41 bits per heavy atom. The van der Waals surface area contributed by atoms with E-state index < -0.39 is 0 Å². The Balaban J connectivity index is 2.02. The lowest BCUT2D eigenvalue weighted by molar-refractivity contribution is -0.108. The number of hydrogen-bond donors (Lipinski definition) is 0. The molecule has 2 nitrogen and oxygen atoms in total. The van der Waals surface area contributed by atoms with Crippen LogP contribution >= 0.6 is 0 Å². The van der Waals surface area contributed by atoms with Crippen molar-refractivity contribution in [1.29, 1.82) is 0 Å². The first kappa shape index (κ1) is 12.2. The van der Waals surface area contributed by atoms with E-state index in [9.17, 15) is 4.79 Å². The predicted molar refractivity (Wildman–Crippen MR) is 68.4 cm³/mol. The first-order valence-electron chi connectivity index (χ1n) is 6.50. The van der Waals surface area contributed by atoms with Gasteiger partial charge in [0.15, 0.2) is 0 Å². The van der Waals surface area contributed by atoms with Gasteiger partial charge in [-0.3, -0.25) is 0 Å². The molecule has 1 aromatic carbocycles. The molecule has 2 heteroatoms. The second-order valence-electron chi connectivity index (χ2n) is 4.90. The summed E-state index contributed by atoms with van der Waals surface area (Å²) in [7, 11) is 0. The van der Waals surface area contributed by atoms with Crippen molar-refractivity contribution in [2.24, 2.45) is 0 Å². The summed E-state index contributed by atoms with van der Waals surface area (Å²) in [4.78, 5) is 10.5. The lowest BCUT2D eigenvalue weighted by Gasteiger charge is -2.15. The molecule has 0 bridgehead atoms. The average molecular weight is 232 g/mol. The maximum Gasteiger partial charge on any atom is 0.120 e. The third-order valence-corrected chi connectivity index (χ3v) is 3.48. The van der Waals surface area contributed by atoms with Gasteiger partial charge in [0.1, 0.15) is 12.0 Å². The van der Waals surface area contributed by atoms with Gasteiger partial charge < -0.3 is 9.53 Å². The van der Waals surface area contributed by atoms with Crippen LogP contribution in [0.2, 0.25) is 0 Å². The van der Waals surface area contributed by atoms with Crippen molar-refractivity contribution < 1.29 is 9.53 Å². The van der Waals surface area contributed by atoms with Crippen LogP contribution in [0.25, 0.3) is 0 Å². The fourth-order valence-corrected chi connectivity index (χ4v) is 2.37. The maximum absolute atomic E-state index is 10.5. The third-order valence-electron chi connectivity index (χ3n) is 3.48. The number of benzene rings is 1. The molecule has 1 aliphatic carbocycles. The highest BCUT2D eigenvalue weighted by Crippen LogP contribution is 2.27. The number of carbonyl (C=O) groups excluding carboxylic acids is 1. The highest BCUT2D eigenvalue weighted by Gasteiger charge is 2.16. The van der Waals surface area contributed by atoms with Crippen LogP contribution in [-0.2, 0) is 4.79 Å². The van der Waals surface area contributed by atoms with E-state index in [2.05, 4.69) is 19.1 Å². The largest absolute Gasteiger partial charge is 0.490 e. The third kappa shape index (κ3) is 3.32. The van der Waals surface area contributed by atoms with E-state index in [0.29, 0.717) is 12.5 Å². The van der Waals surface area contributed by atoms with Crippen LogP contribution in [0.5, 0.6) is 5.75 Å². The Morgan fingerprint density at radius 3 is 2.88 bits per heavy atom. The Morgan fingerprint density at radius 2 is 2.18 bits per heavy atom. The molecule has 0 N–H and O–H groups in total. The van der Waals surface area contributed by atoms with Gasteiger partial charge in [0.2, 0.25) is 0 Å². The zero-order valence-corrected chi connectivity index (χ0v) is 10.4. The maximum atomic E-state index is 10.5. The summed E-state index contributed by atoms with van der Waals surface area (Å²) in [6.45, 7) is 2.07. The predicted octanol–water partition coefficient (Wildman–Crippen LogP) is 3.70. The van der Waals surface area contributed by atoms with Crippen molar-refractivity contribution in [2.45, 2.75) is 51.0 Å². The van der Waals surface area contributed by atoms with Crippen molar-refractivity contribution in [2.75, 3.05) is 0 Å². The molecule has 0 amide bonds. The molecular formula is C15H20O2. The van der Waals surface area contributed by atoms with Gasteiger partial charge in [-0.25, -0.2) is 0 Å². The van der Waals surface area contributed by atoms with Crippen LogP contribution in [0, 0.1) is 0 Å². The summed E-state index contributed by atoms with van der Waals surface area (Å²) >= 11 is 0. The van der Waals surface area contributed by atoms with Crippen molar-refractivity contribution in [3.8, 4) is 5.75 Å². The van der Waals surface area contributed by atoms with Gasteiger partial charge in [-0.15, -0.1) is 0 Å². The van der Waals surface area contributed by atoms with Gasteiger partial charge in [-0.05, 0) is 49.3 Å². The lowest BCUT2D eigenvalue weighted by atomic mass is 9.98. The van der Waals surface area contributed by atoms with Crippen molar-refractivity contribution in [3.05, 3.63) is 29.8 Å². The molecule has 1 saturated carbocycles. The van der Waals surface area contributed by atoms with Crippen molar-refractivity contribution >= 4 is 6.29 Å². The molecule has 2 rings (SSSR count). The Hall–Kier alpha value is -1.31. The molecule has 0 spiro atoms. The zero-order valence-electron chi connectivity index (χ0n) is 10.4. The smallest absolute Gasteiger partial charge is 0.120 e. The molecule has 0 aliphatic heterocycles. The van der Waals surface area contributed by atoms with Crippen LogP contribution in [0.15, 0.2) is 24.3 Å². The highest BCUT2D eigenvalue weighted by molar-refractivity contribution is 5.51. The van der Waals surface area contributed by atoms with Crippen LogP contribution < -0.4 is 4.74 Å². The second-order valence-corrected chi connectivity index (χ2v) is 4.90. The topological polar surface area (TPSA) is 26.3 Å². The summed E-state index contributed by atoms with van der Waals surface area (Å²) < 4.78 is 5.96. The highest BCUT2D eigenvalue weighted by atomic mass is 16.5. The number of rotatable bonds is 5. The second kappa shape index (κ2) is 5.85. The molecule has 1 atom stereocenters. The molecule has 0 heterocycles. The fourth-order valence-electron chi connectivity index (χ4n) is 2.37. The Kier molecular flexibility index (Phi) is 4.18. The van der Waals surface area contributed by atoms with Crippen molar-refractivity contribution in [3.63, 3.8) is 0 Å². The lowest BCUT2D eigenvalue weighted by Crippen LogP contribution is -2.11. The standard InChI is InChI=1S/C15H20O2/c1-12(9-10-16)13-5-4-8-15(11-13)17-14-6-2-3-7-14/h4-5,8,10-12,14H,2-3,6-7,9H2,1H3. The molecule has 1 aliphatic rings. The SMILES string of the molecule is CC(CC=O)c1cccc(OC2CCCC2)c1. The molecule has 0 aromatic heterocycles. The summed E-state index contributed by atoms with van der Waals surface area (Å²) in [6.07, 6.45) is 6.87. The average Bonchev–Trinajstić information content (AvgIpc) is 2.82. The number of carbonyl (C=O) groups is 1. The Labute approximate surface area is 103 Å². The van der Waals surface area contributed by atoms with E-state index in [1.54, 1.807) is 0 Å². The fraction of sp³-hybridized carbons (Fsp3) is 0.533. The van der Waals surface area contributed by atoms with E-state index in [-0.39, 0.29) is 5.92 Å². The van der Waals surface area contributed by atoms with Crippen molar-refractivity contribution in [1.82, 2.24) is 0 Å². The minimum absolute atomic E-state index is 0.277.